The van der Waals surface area contributed by atoms with E-state index in [1.807, 2.05) is 30.9 Å². The third-order valence-electron chi connectivity index (χ3n) is 4.59. The first kappa shape index (κ1) is 25.2. The molecule has 0 N–H and O–H groups in total. The number of carbonyl (C=O) groups excluding carboxylic acids is 1. The van der Waals surface area contributed by atoms with Crippen molar-refractivity contribution in [3.8, 4) is 0 Å². The summed E-state index contributed by atoms with van der Waals surface area (Å²) in [5, 5.41) is 0.679. The second-order valence-electron chi connectivity index (χ2n) is 7.04. The molecule has 1 atom stereocenters. The number of benzene rings is 1. The standard InChI is InChI=1S/C25H36FNOS/c1-7-13-21-16-11-12-17-23(21)25(15-9-3)27(24(10-4)19(5)26)20(6)29-18-22(28)14-8-2/h10-12,15-17,19H,6-9,13-14,18H2,1-5H3/b24-10-,25-15+. The predicted molar refractivity (Wildman–Crippen MR) is 126 cm³/mol. The normalized spacial score (nSPS) is 13.3. The second-order valence-corrected chi connectivity index (χ2v) is 8.09. The van der Waals surface area contributed by atoms with E-state index in [1.54, 1.807) is 13.0 Å². The Morgan fingerprint density at radius 2 is 1.93 bits per heavy atom. The molecule has 0 fully saturated rings. The molecule has 4 heteroatoms. The summed E-state index contributed by atoms with van der Waals surface area (Å²) < 4.78 is 14.6. The summed E-state index contributed by atoms with van der Waals surface area (Å²) in [7, 11) is 0. The highest BCUT2D eigenvalue weighted by Gasteiger charge is 2.24. The maximum absolute atomic E-state index is 14.6. The molecule has 29 heavy (non-hydrogen) atoms. The summed E-state index contributed by atoms with van der Waals surface area (Å²) in [6.07, 6.45) is 6.98. The van der Waals surface area contributed by atoms with E-state index in [-0.39, 0.29) is 5.78 Å². The van der Waals surface area contributed by atoms with Gasteiger partial charge in [-0.3, -0.25) is 4.79 Å². The van der Waals surface area contributed by atoms with Gasteiger partial charge in [-0.1, -0.05) is 70.2 Å². The minimum atomic E-state index is -1.15. The number of halogens is 1. The minimum Gasteiger partial charge on any atom is -0.306 e. The lowest BCUT2D eigenvalue weighted by Gasteiger charge is -2.33. The molecule has 0 aromatic heterocycles. The van der Waals surface area contributed by atoms with Crippen molar-refractivity contribution in [2.75, 3.05) is 5.75 Å². The molecule has 0 aliphatic carbocycles. The lowest BCUT2D eigenvalue weighted by Crippen LogP contribution is -2.25. The molecule has 1 aromatic rings. The molecular weight excluding hydrogens is 381 g/mol. The predicted octanol–water partition coefficient (Wildman–Crippen LogP) is 7.53. The van der Waals surface area contributed by atoms with Crippen molar-refractivity contribution in [1.29, 1.82) is 0 Å². The van der Waals surface area contributed by atoms with Crippen molar-refractivity contribution < 1.29 is 9.18 Å². The van der Waals surface area contributed by atoms with Crippen LogP contribution in [0.25, 0.3) is 5.70 Å². The fraction of sp³-hybridized carbons (Fsp3) is 0.480. The number of ketones is 1. The molecular formula is C25H36FNOS. The van der Waals surface area contributed by atoms with Gasteiger partial charge in [-0.05, 0) is 38.7 Å². The molecule has 0 heterocycles. The summed E-state index contributed by atoms with van der Waals surface area (Å²) in [5.41, 5.74) is 3.82. The SMILES string of the molecule is C=C(SCC(=O)CCC)N(/C(=C\C)C(C)F)/C(=C/CC)c1ccccc1CCC. The lowest BCUT2D eigenvalue weighted by molar-refractivity contribution is -0.116. The van der Waals surface area contributed by atoms with Gasteiger partial charge in [0.2, 0.25) is 0 Å². The second kappa shape index (κ2) is 13.4. The van der Waals surface area contributed by atoms with Gasteiger partial charge in [0, 0.05) is 17.7 Å². The Morgan fingerprint density at radius 1 is 1.24 bits per heavy atom. The van der Waals surface area contributed by atoms with Gasteiger partial charge < -0.3 is 4.90 Å². The van der Waals surface area contributed by atoms with E-state index < -0.39 is 6.17 Å². The molecule has 2 nitrogen and oxygen atoms in total. The van der Waals surface area contributed by atoms with Gasteiger partial charge in [0.1, 0.15) is 12.0 Å². The molecule has 0 aliphatic rings. The molecule has 1 aromatic carbocycles. The summed E-state index contributed by atoms with van der Waals surface area (Å²) in [4.78, 5) is 14.0. The number of aryl methyl sites for hydroxylation is 1. The Bertz CT molecular complexity index is 736. The van der Waals surface area contributed by atoms with E-state index in [4.69, 9.17) is 0 Å². The number of hydrogen-bond acceptors (Lipinski definition) is 3. The molecule has 0 amide bonds. The number of nitrogens with zero attached hydrogens (tertiary/aromatic N) is 1. The Labute approximate surface area is 181 Å². The van der Waals surface area contributed by atoms with Gasteiger partial charge in [-0.25, -0.2) is 4.39 Å². The van der Waals surface area contributed by atoms with E-state index in [2.05, 4.69) is 38.6 Å². The molecule has 160 valence electrons. The van der Waals surface area contributed by atoms with E-state index in [0.717, 1.165) is 36.9 Å². The van der Waals surface area contributed by atoms with Crippen molar-refractivity contribution >= 4 is 23.2 Å². The van der Waals surface area contributed by atoms with Crippen LogP contribution in [0.4, 0.5) is 4.39 Å². The van der Waals surface area contributed by atoms with Crippen molar-refractivity contribution in [3.05, 3.63) is 64.8 Å². The number of Topliss-reactive ketones (excluding diaryl/α,β-unsaturated/α-hetero) is 1. The number of thioether (sulfide) groups is 1. The zero-order valence-corrected chi connectivity index (χ0v) is 19.4. The van der Waals surface area contributed by atoms with Crippen LogP contribution in [0.2, 0.25) is 0 Å². The Kier molecular flexibility index (Phi) is 11.7. The van der Waals surface area contributed by atoms with Gasteiger partial charge in [0.15, 0.2) is 0 Å². The van der Waals surface area contributed by atoms with Crippen molar-refractivity contribution in [1.82, 2.24) is 4.90 Å². The number of carbonyl (C=O) groups is 1. The number of hydrogen-bond donors (Lipinski definition) is 0. The van der Waals surface area contributed by atoms with Crippen LogP contribution < -0.4 is 0 Å². The molecule has 0 radical (unpaired) electrons. The summed E-state index contributed by atoms with van der Waals surface area (Å²) in [6.45, 7) is 13.9. The van der Waals surface area contributed by atoms with Crippen LogP contribution in [0.5, 0.6) is 0 Å². The van der Waals surface area contributed by atoms with Crippen molar-refractivity contribution in [2.45, 2.75) is 72.9 Å². The fourth-order valence-corrected chi connectivity index (χ4v) is 4.11. The van der Waals surface area contributed by atoms with Crippen molar-refractivity contribution in [2.24, 2.45) is 0 Å². The first-order chi connectivity index (χ1) is 13.9. The Hall–Kier alpha value is -1.81. The van der Waals surface area contributed by atoms with Gasteiger partial charge in [0.05, 0.1) is 16.5 Å². The topological polar surface area (TPSA) is 20.3 Å². The first-order valence-corrected chi connectivity index (χ1v) is 11.6. The van der Waals surface area contributed by atoms with Crippen LogP contribution >= 0.6 is 11.8 Å². The minimum absolute atomic E-state index is 0.196. The Morgan fingerprint density at radius 3 is 2.48 bits per heavy atom. The molecule has 1 rings (SSSR count). The monoisotopic (exact) mass is 417 g/mol. The lowest BCUT2D eigenvalue weighted by atomic mass is 9.98. The van der Waals surface area contributed by atoms with Crippen LogP contribution in [0, 0.1) is 0 Å². The van der Waals surface area contributed by atoms with Gasteiger partial charge in [0.25, 0.3) is 0 Å². The first-order valence-electron chi connectivity index (χ1n) is 10.6. The van der Waals surface area contributed by atoms with Crippen LogP contribution in [0.3, 0.4) is 0 Å². The highest BCUT2D eigenvalue weighted by molar-refractivity contribution is 8.03. The molecule has 0 bridgehead atoms. The van der Waals surface area contributed by atoms with Gasteiger partial charge in [-0.15, -0.1) is 11.8 Å². The van der Waals surface area contributed by atoms with Crippen LogP contribution in [-0.2, 0) is 11.2 Å². The average molecular weight is 418 g/mol. The zero-order chi connectivity index (χ0) is 21.8. The maximum atomic E-state index is 14.6. The van der Waals surface area contributed by atoms with Crippen LogP contribution in [0.15, 0.2) is 53.7 Å². The van der Waals surface area contributed by atoms with Crippen LogP contribution in [-0.4, -0.2) is 22.6 Å². The third-order valence-corrected chi connectivity index (χ3v) is 5.57. The smallest absolute Gasteiger partial charge is 0.143 e. The summed E-state index contributed by atoms with van der Waals surface area (Å²) in [6, 6.07) is 8.29. The molecule has 1 unspecified atom stereocenters. The van der Waals surface area contributed by atoms with Gasteiger partial charge >= 0.3 is 0 Å². The number of allylic oxidation sites excluding steroid dienone is 3. The van der Waals surface area contributed by atoms with Crippen LogP contribution in [0.1, 0.15) is 71.4 Å². The molecule has 0 saturated heterocycles. The average Bonchev–Trinajstić information content (AvgIpc) is 2.69. The summed E-state index contributed by atoms with van der Waals surface area (Å²) in [5.74, 6) is 0.554. The van der Waals surface area contributed by atoms with E-state index in [1.165, 1.54) is 17.3 Å². The summed E-state index contributed by atoms with van der Waals surface area (Å²) >= 11 is 1.40. The quantitative estimate of drug-likeness (QED) is 0.331. The van der Waals surface area contributed by atoms with E-state index >= 15 is 0 Å². The van der Waals surface area contributed by atoms with Gasteiger partial charge in [-0.2, -0.15) is 0 Å². The zero-order valence-electron chi connectivity index (χ0n) is 18.6. The molecule has 0 saturated carbocycles. The highest BCUT2D eigenvalue weighted by atomic mass is 32.2. The maximum Gasteiger partial charge on any atom is 0.143 e. The largest absolute Gasteiger partial charge is 0.306 e. The molecule has 0 aliphatic heterocycles. The molecule has 0 spiro atoms. The number of rotatable bonds is 13. The number of alkyl halides is 1. The highest BCUT2D eigenvalue weighted by Crippen LogP contribution is 2.36. The van der Waals surface area contributed by atoms with E-state index in [9.17, 15) is 9.18 Å². The fourth-order valence-electron chi connectivity index (χ4n) is 3.31. The van der Waals surface area contributed by atoms with E-state index in [0.29, 0.717) is 22.9 Å². The third kappa shape index (κ3) is 7.50. The van der Waals surface area contributed by atoms with Crippen molar-refractivity contribution in [3.63, 3.8) is 0 Å². The Balaban J connectivity index is 3.42.